The fourth-order valence-electron chi connectivity index (χ4n) is 1.70. The third-order valence-electron chi connectivity index (χ3n) is 3.09. The molecule has 0 radical (unpaired) electrons. The van der Waals surface area contributed by atoms with Crippen LogP contribution in [0.4, 0.5) is 5.69 Å². The Morgan fingerprint density at radius 3 is 2.58 bits per heavy atom. The molecular weight excluding hydrogens is 244 g/mol. The fourth-order valence-corrected chi connectivity index (χ4v) is 1.70. The van der Waals surface area contributed by atoms with Gasteiger partial charge in [0.1, 0.15) is 0 Å². The van der Waals surface area contributed by atoms with Crippen molar-refractivity contribution >= 4 is 11.6 Å². The summed E-state index contributed by atoms with van der Waals surface area (Å²) < 4.78 is 0. The number of hydrogen-bond donors (Lipinski definition) is 2. The van der Waals surface area contributed by atoms with Gasteiger partial charge in [-0.25, -0.2) is 0 Å². The van der Waals surface area contributed by atoms with Gasteiger partial charge in [-0.05, 0) is 24.3 Å². The van der Waals surface area contributed by atoms with Crippen molar-refractivity contribution in [2.75, 3.05) is 13.6 Å². The van der Waals surface area contributed by atoms with Crippen LogP contribution in [-0.4, -0.2) is 24.5 Å². The highest BCUT2D eigenvalue weighted by molar-refractivity contribution is 5.79. The number of aliphatic imine (C=N–C) groups is 1. The molecule has 0 aromatic heterocycles. The molecule has 1 aliphatic rings. The van der Waals surface area contributed by atoms with Crippen LogP contribution in [0.2, 0.25) is 0 Å². The van der Waals surface area contributed by atoms with Gasteiger partial charge in [-0.15, -0.1) is 0 Å². The van der Waals surface area contributed by atoms with Gasteiger partial charge in [0.2, 0.25) is 0 Å². The smallest absolute Gasteiger partial charge is 0.269 e. The number of nitro groups is 1. The van der Waals surface area contributed by atoms with Crippen molar-refractivity contribution < 1.29 is 4.92 Å². The van der Waals surface area contributed by atoms with E-state index in [0.717, 1.165) is 24.0 Å². The van der Waals surface area contributed by atoms with Crippen molar-refractivity contribution in [1.82, 2.24) is 10.6 Å². The zero-order valence-corrected chi connectivity index (χ0v) is 10.9. The minimum atomic E-state index is -0.396. The molecule has 0 spiro atoms. The maximum Gasteiger partial charge on any atom is 0.269 e. The van der Waals surface area contributed by atoms with Gasteiger partial charge in [0.15, 0.2) is 5.96 Å². The quantitative estimate of drug-likeness (QED) is 0.366. The molecule has 102 valence electrons. The molecule has 0 unspecified atom stereocenters. The number of rotatable bonds is 5. The first-order chi connectivity index (χ1) is 9.19. The summed E-state index contributed by atoms with van der Waals surface area (Å²) in [7, 11) is 1.73. The molecule has 2 N–H and O–H groups in total. The van der Waals surface area contributed by atoms with Crippen LogP contribution in [0, 0.1) is 16.0 Å². The maximum absolute atomic E-state index is 10.5. The molecule has 1 aromatic rings. The van der Waals surface area contributed by atoms with E-state index in [1.807, 2.05) is 0 Å². The van der Waals surface area contributed by atoms with Crippen molar-refractivity contribution in [3.8, 4) is 0 Å². The number of guanidine groups is 1. The van der Waals surface area contributed by atoms with Crippen molar-refractivity contribution in [3.05, 3.63) is 39.9 Å². The second-order valence-corrected chi connectivity index (χ2v) is 4.67. The lowest BCUT2D eigenvalue weighted by Gasteiger charge is -2.11. The van der Waals surface area contributed by atoms with Crippen LogP contribution in [0.25, 0.3) is 0 Å². The zero-order valence-electron chi connectivity index (χ0n) is 10.9. The first-order valence-corrected chi connectivity index (χ1v) is 6.37. The van der Waals surface area contributed by atoms with Crippen LogP contribution < -0.4 is 10.6 Å². The predicted molar refractivity (Wildman–Crippen MR) is 74.0 cm³/mol. The Labute approximate surface area is 112 Å². The SMILES string of the molecule is CN=C(NCc1ccc([N+](=O)[O-])cc1)NCC1CC1. The van der Waals surface area contributed by atoms with Gasteiger partial charge in [0.05, 0.1) is 4.92 Å². The van der Waals surface area contributed by atoms with E-state index in [4.69, 9.17) is 0 Å². The van der Waals surface area contributed by atoms with E-state index < -0.39 is 4.92 Å². The molecule has 2 rings (SSSR count). The highest BCUT2D eigenvalue weighted by Gasteiger charge is 2.20. The minimum absolute atomic E-state index is 0.111. The largest absolute Gasteiger partial charge is 0.356 e. The van der Waals surface area contributed by atoms with Gasteiger partial charge in [-0.3, -0.25) is 15.1 Å². The lowest BCUT2D eigenvalue weighted by Crippen LogP contribution is -2.37. The van der Waals surface area contributed by atoms with E-state index in [1.54, 1.807) is 19.2 Å². The first kappa shape index (κ1) is 13.3. The Balaban J connectivity index is 1.80. The molecule has 0 amide bonds. The average Bonchev–Trinajstić information content (AvgIpc) is 3.23. The lowest BCUT2D eigenvalue weighted by atomic mass is 10.2. The molecule has 0 saturated heterocycles. The highest BCUT2D eigenvalue weighted by atomic mass is 16.6. The monoisotopic (exact) mass is 262 g/mol. The third-order valence-corrected chi connectivity index (χ3v) is 3.09. The maximum atomic E-state index is 10.5. The number of hydrogen-bond acceptors (Lipinski definition) is 3. The molecule has 1 saturated carbocycles. The number of non-ortho nitro benzene ring substituents is 1. The summed E-state index contributed by atoms with van der Waals surface area (Å²) in [4.78, 5) is 14.3. The summed E-state index contributed by atoms with van der Waals surface area (Å²) in [6, 6.07) is 6.52. The summed E-state index contributed by atoms with van der Waals surface area (Å²) >= 11 is 0. The summed E-state index contributed by atoms with van der Waals surface area (Å²) in [5.74, 6) is 1.56. The van der Waals surface area contributed by atoms with E-state index >= 15 is 0 Å². The second kappa shape index (κ2) is 6.17. The van der Waals surface area contributed by atoms with Gasteiger partial charge < -0.3 is 10.6 Å². The minimum Gasteiger partial charge on any atom is -0.356 e. The van der Waals surface area contributed by atoms with Gasteiger partial charge >= 0.3 is 0 Å². The van der Waals surface area contributed by atoms with Crippen LogP contribution in [-0.2, 0) is 6.54 Å². The van der Waals surface area contributed by atoms with Gasteiger partial charge in [0, 0.05) is 32.3 Å². The number of nitrogens with one attached hydrogen (secondary N) is 2. The molecule has 6 heteroatoms. The molecule has 0 atom stereocenters. The van der Waals surface area contributed by atoms with E-state index in [1.165, 1.54) is 25.0 Å². The van der Waals surface area contributed by atoms with E-state index in [0.29, 0.717) is 6.54 Å². The van der Waals surface area contributed by atoms with Gasteiger partial charge in [0.25, 0.3) is 5.69 Å². The molecule has 1 fully saturated rings. The van der Waals surface area contributed by atoms with E-state index in [9.17, 15) is 10.1 Å². The standard InChI is InChI=1S/C13H18N4O2/c1-14-13(15-8-10-2-3-10)16-9-11-4-6-12(7-5-11)17(18)19/h4-7,10H,2-3,8-9H2,1H3,(H2,14,15,16). The molecular formula is C13H18N4O2. The van der Waals surface area contributed by atoms with Gasteiger partial charge in [-0.2, -0.15) is 0 Å². The van der Waals surface area contributed by atoms with Crippen LogP contribution in [0.5, 0.6) is 0 Å². The normalized spacial score (nSPS) is 15.1. The summed E-state index contributed by atoms with van der Waals surface area (Å²) in [6.07, 6.45) is 2.60. The third kappa shape index (κ3) is 4.24. The van der Waals surface area contributed by atoms with Crippen LogP contribution >= 0.6 is 0 Å². The highest BCUT2D eigenvalue weighted by Crippen LogP contribution is 2.27. The summed E-state index contributed by atoms with van der Waals surface area (Å²) in [5.41, 5.74) is 1.10. The van der Waals surface area contributed by atoms with Crippen molar-refractivity contribution in [3.63, 3.8) is 0 Å². The summed E-state index contributed by atoms with van der Waals surface area (Å²) in [5, 5.41) is 17.0. The second-order valence-electron chi connectivity index (χ2n) is 4.67. The molecule has 0 aliphatic heterocycles. The summed E-state index contributed by atoms with van der Waals surface area (Å²) in [6.45, 7) is 1.56. The molecule has 6 nitrogen and oxygen atoms in total. The van der Waals surface area contributed by atoms with Crippen molar-refractivity contribution in [2.45, 2.75) is 19.4 Å². The Kier molecular flexibility index (Phi) is 4.33. The Hall–Kier alpha value is -2.11. The lowest BCUT2D eigenvalue weighted by molar-refractivity contribution is -0.384. The van der Waals surface area contributed by atoms with E-state index in [-0.39, 0.29) is 5.69 Å². The fraction of sp³-hybridized carbons (Fsp3) is 0.462. The van der Waals surface area contributed by atoms with Crippen molar-refractivity contribution in [1.29, 1.82) is 0 Å². The molecule has 1 aromatic carbocycles. The Bertz CT molecular complexity index is 466. The van der Waals surface area contributed by atoms with Crippen LogP contribution in [0.3, 0.4) is 0 Å². The molecule has 0 bridgehead atoms. The van der Waals surface area contributed by atoms with Crippen molar-refractivity contribution in [2.24, 2.45) is 10.9 Å². The zero-order chi connectivity index (χ0) is 13.7. The molecule has 19 heavy (non-hydrogen) atoms. The topological polar surface area (TPSA) is 79.6 Å². The number of nitro benzene ring substituents is 1. The van der Waals surface area contributed by atoms with Gasteiger partial charge in [-0.1, -0.05) is 12.1 Å². The molecule has 1 aliphatic carbocycles. The van der Waals surface area contributed by atoms with Crippen LogP contribution in [0.15, 0.2) is 29.3 Å². The first-order valence-electron chi connectivity index (χ1n) is 6.37. The molecule has 0 heterocycles. The number of benzene rings is 1. The number of nitrogens with zero attached hydrogens (tertiary/aromatic N) is 2. The van der Waals surface area contributed by atoms with E-state index in [2.05, 4.69) is 15.6 Å². The van der Waals surface area contributed by atoms with Crippen LogP contribution in [0.1, 0.15) is 18.4 Å². The predicted octanol–water partition coefficient (Wildman–Crippen LogP) is 1.67. The Morgan fingerprint density at radius 2 is 2.05 bits per heavy atom. The average molecular weight is 262 g/mol. The Morgan fingerprint density at radius 1 is 1.37 bits per heavy atom.